The number of carbonyl (C=O) groups excluding carboxylic acids is 2. The minimum atomic E-state index is -0.543. The van der Waals surface area contributed by atoms with Crippen molar-refractivity contribution in [3.63, 3.8) is 0 Å². The van der Waals surface area contributed by atoms with Crippen molar-refractivity contribution in [2.24, 2.45) is 5.73 Å². The van der Waals surface area contributed by atoms with Gasteiger partial charge in [0.15, 0.2) is 0 Å². The van der Waals surface area contributed by atoms with E-state index < -0.39 is 5.91 Å². The molecule has 0 atom stereocenters. The van der Waals surface area contributed by atoms with Crippen molar-refractivity contribution in [2.45, 2.75) is 13.8 Å². The van der Waals surface area contributed by atoms with Gasteiger partial charge in [-0.25, -0.2) is 0 Å². The highest BCUT2D eigenvalue weighted by atomic mass is 32.1. The second kappa shape index (κ2) is 5.19. The Morgan fingerprint density at radius 3 is 2.63 bits per heavy atom. The Hall–Kier alpha value is -2.21. The molecule has 0 saturated carbocycles. The lowest BCUT2D eigenvalue weighted by Gasteiger charge is -2.04. The lowest BCUT2D eigenvalue weighted by atomic mass is 10.1. The Kier molecular flexibility index (Phi) is 3.62. The predicted octanol–water partition coefficient (Wildman–Crippen LogP) is 2.11. The average Bonchev–Trinajstić information content (AvgIpc) is 2.65. The number of anilines is 1. The second-order valence-corrected chi connectivity index (χ2v) is 5.25. The van der Waals surface area contributed by atoms with Gasteiger partial charge in [-0.05, 0) is 31.5 Å². The van der Waals surface area contributed by atoms with Gasteiger partial charge in [0.2, 0.25) is 0 Å². The smallest absolute Gasteiger partial charge is 0.274 e. The van der Waals surface area contributed by atoms with Crippen molar-refractivity contribution >= 4 is 28.2 Å². The molecule has 0 aromatic carbocycles. The summed E-state index contributed by atoms with van der Waals surface area (Å²) in [5.41, 5.74) is 6.80. The van der Waals surface area contributed by atoms with Crippen molar-refractivity contribution in [2.75, 3.05) is 5.32 Å². The van der Waals surface area contributed by atoms with Crippen molar-refractivity contribution < 1.29 is 9.59 Å². The summed E-state index contributed by atoms with van der Waals surface area (Å²) < 4.78 is 0. The fourth-order valence-electron chi connectivity index (χ4n) is 1.68. The molecule has 2 rings (SSSR count). The molecule has 0 saturated heterocycles. The Labute approximate surface area is 114 Å². The van der Waals surface area contributed by atoms with Crippen LogP contribution in [0.2, 0.25) is 0 Å². The lowest BCUT2D eigenvalue weighted by molar-refractivity contribution is 0.100. The number of pyridine rings is 1. The van der Waals surface area contributed by atoms with Gasteiger partial charge in [0.1, 0.15) is 10.7 Å². The summed E-state index contributed by atoms with van der Waals surface area (Å²) >= 11 is 1.33. The first-order chi connectivity index (χ1) is 9.00. The summed E-state index contributed by atoms with van der Waals surface area (Å²) in [7, 11) is 0. The van der Waals surface area contributed by atoms with Gasteiger partial charge in [0.05, 0.1) is 5.56 Å². The largest absolute Gasteiger partial charge is 0.365 e. The number of nitrogens with one attached hydrogen (secondary N) is 1. The lowest BCUT2D eigenvalue weighted by Crippen LogP contribution is -2.18. The highest BCUT2D eigenvalue weighted by Crippen LogP contribution is 2.32. The molecule has 3 N–H and O–H groups in total. The van der Waals surface area contributed by atoms with E-state index >= 15 is 0 Å². The Morgan fingerprint density at radius 1 is 1.32 bits per heavy atom. The van der Waals surface area contributed by atoms with Crippen LogP contribution in [-0.2, 0) is 0 Å². The normalized spacial score (nSPS) is 10.2. The third-order valence-corrected chi connectivity index (χ3v) is 3.88. The molecule has 2 amide bonds. The SMILES string of the molecule is Cc1sc(NC(=O)c2ccccn2)c(C(N)=O)c1C. The van der Waals surface area contributed by atoms with Crippen LogP contribution in [0.3, 0.4) is 0 Å². The maximum Gasteiger partial charge on any atom is 0.274 e. The maximum absolute atomic E-state index is 12.0. The third kappa shape index (κ3) is 2.63. The van der Waals surface area contributed by atoms with Gasteiger partial charge in [-0.15, -0.1) is 11.3 Å². The van der Waals surface area contributed by atoms with Crippen molar-refractivity contribution in [3.8, 4) is 0 Å². The first kappa shape index (κ1) is 13.2. The van der Waals surface area contributed by atoms with E-state index in [1.165, 1.54) is 17.5 Å². The molecule has 0 unspecified atom stereocenters. The molecule has 0 radical (unpaired) electrons. The summed E-state index contributed by atoms with van der Waals surface area (Å²) in [5.74, 6) is -0.900. The summed E-state index contributed by atoms with van der Waals surface area (Å²) in [6, 6.07) is 5.06. The van der Waals surface area contributed by atoms with Crippen LogP contribution in [-0.4, -0.2) is 16.8 Å². The molecule has 2 heterocycles. The number of hydrogen-bond acceptors (Lipinski definition) is 4. The number of thiophene rings is 1. The third-order valence-electron chi connectivity index (χ3n) is 2.76. The summed E-state index contributed by atoms with van der Waals surface area (Å²) in [6.07, 6.45) is 1.54. The minimum absolute atomic E-state index is 0.293. The standard InChI is InChI=1S/C13H13N3O2S/c1-7-8(2)19-13(10(7)11(14)17)16-12(18)9-5-3-4-6-15-9/h3-6H,1-2H3,(H2,14,17)(H,16,18). The number of nitrogens with two attached hydrogens (primary N) is 1. The first-order valence-electron chi connectivity index (χ1n) is 5.63. The molecule has 5 nitrogen and oxygen atoms in total. The Balaban J connectivity index is 2.32. The van der Waals surface area contributed by atoms with Gasteiger partial charge in [0, 0.05) is 11.1 Å². The van der Waals surface area contributed by atoms with E-state index in [1.54, 1.807) is 18.2 Å². The second-order valence-electron chi connectivity index (χ2n) is 4.02. The van der Waals surface area contributed by atoms with Crippen LogP contribution in [0.4, 0.5) is 5.00 Å². The zero-order valence-electron chi connectivity index (χ0n) is 10.6. The Bertz CT molecular complexity index is 635. The van der Waals surface area contributed by atoms with Gasteiger partial charge < -0.3 is 11.1 Å². The van der Waals surface area contributed by atoms with E-state index in [0.29, 0.717) is 16.3 Å². The van der Waals surface area contributed by atoms with Crippen LogP contribution in [0.25, 0.3) is 0 Å². The summed E-state index contributed by atoms with van der Waals surface area (Å²) in [4.78, 5) is 28.3. The predicted molar refractivity (Wildman–Crippen MR) is 74.5 cm³/mol. The zero-order valence-corrected chi connectivity index (χ0v) is 11.4. The quantitative estimate of drug-likeness (QED) is 0.899. The molecule has 0 bridgehead atoms. The van der Waals surface area contributed by atoms with E-state index in [0.717, 1.165) is 10.4 Å². The van der Waals surface area contributed by atoms with Crippen LogP contribution in [0, 0.1) is 13.8 Å². The molecule has 98 valence electrons. The van der Waals surface area contributed by atoms with Gasteiger partial charge in [-0.1, -0.05) is 6.07 Å². The molecule has 2 aromatic heterocycles. The number of rotatable bonds is 3. The van der Waals surface area contributed by atoms with Crippen LogP contribution < -0.4 is 11.1 Å². The molecule has 0 aliphatic rings. The molecule has 19 heavy (non-hydrogen) atoms. The number of nitrogens with zero attached hydrogens (tertiary/aromatic N) is 1. The minimum Gasteiger partial charge on any atom is -0.365 e. The summed E-state index contributed by atoms with van der Waals surface area (Å²) in [6.45, 7) is 3.69. The fraction of sp³-hybridized carbons (Fsp3) is 0.154. The fourth-order valence-corrected chi connectivity index (χ4v) is 2.74. The molecule has 2 aromatic rings. The topological polar surface area (TPSA) is 85.1 Å². The van der Waals surface area contributed by atoms with E-state index in [-0.39, 0.29) is 5.91 Å². The Morgan fingerprint density at radius 2 is 2.05 bits per heavy atom. The zero-order chi connectivity index (χ0) is 14.0. The summed E-state index contributed by atoms with van der Waals surface area (Å²) in [5, 5.41) is 3.16. The van der Waals surface area contributed by atoms with E-state index in [1.807, 2.05) is 13.8 Å². The maximum atomic E-state index is 12.0. The molecule has 6 heteroatoms. The first-order valence-corrected chi connectivity index (χ1v) is 6.44. The number of primary amides is 1. The number of aryl methyl sites for hydroxylation is 1. The molecule has 0 aliphatic heterocycles. The van der Waals surface area contributed by atoms with Crippen LogP contribution in [0.1, 0.15) is 31.3 Å². The molecular weight excluding hydrogens is 262 g/mol. The average molecular weight is 275 g/mol. The van der Waals surface area contributed by atoms with Gasteiger partial charge in [0.25, 0.3) is 11.8 Å². The number of aromatic nitrogens is 1. The molecule has 0 fully saturated rings. The van der Waals surface area contributed by atoms with Crippen LogP contribution in [0.15, 0.2) is 24.4 Å². The number of carbonyl (C=O) groups is 2. The van der Waals surface area contributed by atoms with E-state index in [4.69, 9.17) is 5.73 Å². The van der Waals surface area contributed by atoms with Gasteiger partial charge >= 0.3 is 0 Å². The number of amides is 2. The highest BCUT2D eigenvalue weighted by Gasteiger charge is 2.19. The van der Waals surface area contributed by atoms with Gasteiger partial charge in [-0.3, -0.25) is 14.6 Å². The molecule has 0 spiro atoms. The monoisotopic (exact) mass is 275 g/mol. The van der Waals surface area contributed by atoms with Crippen molar-refractivity contribution in [1.29, 1.82) is 0 Å². The van der Waals surface area contributed by atoms with Crippen molar-refractivity contribution in [3.05, 3.63) is 46.1 Å². The van der Waals surface area contributed by atoms with Crippen LogP contribution >= 0.6 is 11.3 Å². The van der Waals surface area contributed by atoms with E-state index in [9.17, 15) is 9.59 Å². The van der Waals surface area contributed by atoms with Crippen molar-refractivity contribution in [1.82, 2.24) is 4.98 Å². The molecule has 0 aliphatic carbocycles. The molecular formula is C13H13N3O2S. The number of hydrogen-bond donors (Lipinski definition) is 2. The van der Waals surface area contributed by atoms with Gasteiger partial charge in [-0.2, -0.15) is 0 Å². The van der Waals surface area contributed by atoms with E-state index in [2.05, 4.69) is 10.3 Å². The van der Waals surface area contributed by atoms with Crippen LogP contribution in [0.5, 0.6) is 0 Å². The highest BCUT2D eigenvalue weighted by molar-refractivity contribution is 7.16.